The second-order valence-corrected chi connectivity index (χ2v) is 7.42. The third kappa shape index (κ3) is 4.89. The van der Waals surface area contributed by atoms with Gasteiger partial charge in [0.1, 0.15) is 0 Å². The molecule has 1 aliphatic rings. The molecule has 1 aromatic rings. The first-order chi connectivity index (χ1) is 9.57. The maximum absolute atomic E-state index is 12.1. The van der Waals surface area contributed by atoms with Gasteiger partial charge in [0.25, 0.3) is 0 Å². The number of benzene rings is 1. The van der Waals surface area contributed by atoms with Gasteiger partial charge in [-0.1, -0.05) is 30.3 Å². The van der Waals surface area contributed by atoms with Crippen molar-refractivity contribution in [3.8, 4) is 0 Å². The molecule has 1 saturated heterocycles. The lowest BCUT2D eigenvalue weighted by atomic mass is 9.92. The molecule has 1 atom stereocenters. The third-order valence-corrected chi connectivity index (χ3v) is 5.43. The molecule has 4 nitrogen and oxygen atoms in total. The number of sulfonamides is 1. The van der Waals surface area contributed by atoms with Gasteiger partial charge in [-0.2, -0.15) is 0 Å². The van der Waals surface area contributed by atoms with Crippen LogP contribution in [0.1, 0.15) is 25.3 Å². The van der Waals surface area contributed by atoms with Crippen LogP contribution in [0.2, 0.25) is 0 Å². The summed E-state index contributed by atoms with van der Waals surface area (Å²) in [5.74, 6) is 0.606. The van der Waals surface area contributed by atoms with Crippen molar-refractivity contribution in [2.45, 2.75) is 32.2 Å². The highest BCUT2D eigenvalue weighted by atomic mass is 32.2. The first-order valence-electron chi connectivity index (χ1n) is 7.31. The molecule has 1 heterocycles. The van der Waals surface area contributed by atoms with E-state index in [2.05, 4.69) is 10.0 Å². The highest BCUT2D eigenvalue weighted by molar-refractivity contribution is 7.89. The predicted octanol–water partition coefficient (Wildman–Crippen LogP) is 1.54. The lowest BCUT2D eigenvalue weighted by Crippen LogP contribution is -2.43. The fourth-order valence-electron chi connectivity index (χ4n) is 2.68. The molecule has 2 N–H and O–H groups in total. The fourth-order valence-corrected chi connectivity index (χ4v) is 4.06. The van der Waals surface area contributed by atoms with E-state index in [4.69, 9.17) is 0 Å². The maximum atomic E-state index is 12.1. The molecule has 0 saturated carbocycles. The molecular formula is C15H24N2O2S. The van der Waals surface area contributed by atoms with E-state index in [1.54, 1.807) is 0 Å². The van der Waals surface area contributed by atoms with Gasteiger partial charge in [0.05, 0.1) is 5.75 Å². The Hall–Kier alpha value is -0.910. The van der Waals surface area contributed by atoms with Crippen molar-refractivity contribution in [2.75, 3.05) is 18.8 Å². The molecular weight excluding hydrogens is 272 g/mol. The van der Waals surface area contributed by atoms with Gasteiger partial charge in [-0.25, -0.2) is 13.1 Å². The minimum Gasteiger partial charge on any atom is -0.317 e. The second-order valence-electron chi connectivity index (χ2n) is 5.55. The van der Waals surface area contributed by atoms with Crippen LogP contribution in [0.15, 0.2) is 30.3 Å². The van der Waals surface area contributed by atoms with Crippen LogP contribution in [0.5, 0.6) is 0 Å². The second kappa shape index (κ2) is 7.20. The minimum atomic E-state index is -3.20. The normalized spacial score (nSPS) is 18.9. The maximum Gasteiger partial charge on any atom is 0.212 e. The summed E-state index contributed by atoms with van der Waals surface area (Å²) in [7, 11) is -3.20. The Morgan fingerprint density at radius 2 is 1.90 bits per heavy atom. The number of rotatable bonds is 6. The monoisotopic (exact) mass is 296 g/mol. The van der Waals surface area contributed by atoms with E-state index >= 15 is 0 Å². The number of nitrogens with one attached hydrogen (secondary N) is 2. The molecule has 0 spiro atoms. The van der Waals surface area contributed by atoms with E-state index in [9.17, 15) is 8.42 Å². The summed E-state index contributed by atoms with van der Waals surface area (Å²) in [6, 6.07) is 9.77. The van der Waals surface area contributed by atoms with E-state index in [1.165, 1.54) is 0 Å². The molecule has 1 unspecified atom stereocenters. The molecule has 0 amide bonds. The molecule has 0 aromatic heterocycles. The Bertz CT molecular complexity index is 496. The molecule has 2 rings (SSSR count). The van der Waals surface area contributed by atoms with Gasteiger partial charge in [-0.15, -0.1) is 0 Å². The summed E-state index contributed by atoms with van der Waals surface area (Å²) in [5, 5.41) is 3.30. The zero-order chi connectivity index (χ0) is 14.4. The fraction of sp³-hybridized carbons (Fsp3) is 0.600. The number of hydrogen-bond acceptors (Lipinski definition) is 3. The molecule has 1 aromatic carbocycles. The molecule has 112 valence electrons. The summed E-state index contributed by atoms with van der Waals surface area (Å²) >= 11 is 0. The van der Waals surface area contributed by atoms with E-state index in [0.717, 1.165) is 31.5 Å². The lowest BCUT2D eigenvalue weighted by Gasteiger charge is -2.28. The summed E-state index contributed by atoms with van der Waals surface area (Å²) < 4.78 is 27.1. The minimum absolute atomic E-state index is 0.0258. The highest BCUT2D eigenvalue weighted by Gasteiger charge is 2.23. The predicted molar refractivity (Wildman–Crippen MR) is 82.1 cm³/mol. The topological polar surface area (TPSA) is 58.2 Å². The van der Waals surface area contributed by atoms with Gasteiger partial charge in [0, 0.05) is 6.04 Å². The van der Waals surface area contributed by atoms with Gasteiger partial charge in [-0.05, 0) is 50.8 Å². The van der Waals surface area contributed by atoms with Crippen molar-refractivity contribution in [1.82, 2.24) is 10.0 Å². The number of aryl methyl sites for hydroxylation is 1. The van der Waals surface area contributed by atoms with Crippen LogP contribution in [0.25, 0.3) is 0 Å². The summed E-state index contributed by atoms with van der Waals surface area (Å²) in [6.07, 6.45) is 2.65. The SMILES string of the molecule is CC(NS(=O)(=O)CCc1ccccc1)C1CCNCC1. The molecule has 0 bridgehead atoms. The van der Waals surface area contributed by atoms with Crippen LogP contribution in [0.3, 0.4) is 0 Å². The molecule has 1 aliphatic heterocycles. The largest absolute Gasteiger partial charge is 0.317 e. The van der Waals surface area contributed by atoms with Crippen LogP contribution in [-0.4, -0.2) is 33.3 Å². The third-order valence-electron chi connectivity index (χ3n) is 3.96. The van der Waals surface area contributed by atoms with Gasteiger partial charge >= 0.3 is 0 Å². The quantitative estimate of drug-likeness (QED) is 0.837. The summed E-state index contributed by atoms with van der Waals surface area (Å²) in [5.41, 5.74) is 1.06. The van der Waals surface area contributed by atoms with Crippen molar-refractivity contribution in [1.29, 1.82) is 0 Å². The Morgan fingerprint density at radius 1 is 1.25 bits per heavy atom. The van der Waals surface area contributed by atoms with Gasteiger partial charge in [0.2, 0.25) is 10.0 Å². The van der Waals surface area contributed by atoms with Crippen LogP contribution in [0, 0.1) is 5.92 Å². The molecule has 0 aliphatic carbocycles. The Kier molecular flexibility index (Phi) is 5.57. The Labute approximate surface area is 122 Å². The van der Waals surface area contributed by atoms with Crippen LogP contribution >= 0.6 is 0 Å². The summed E-state index contributed by atoms with van der Waals surface area (Å²) in [4.78, 5) is 0. The van der Waals surface area contributed by atoms with Crippen LogP contribution in [0.4, 0.5) is 0 Å². The Morgan fingerprint density at radius 3 is 2.55 bits per heavy atom. The number of piperidine rings is 1. The van der Waals surface area contributed by atoms with Crippen molar-refractivity contribution in [3.63, 3.8) is 0 Å². The van der Waals surface area contributed by atoms with E-state index < -0.39 is 10.0 Å². The van der Waals surface area contributed by atoms with E-state index in [1.807, 2.05) is 37.3 Å². The summed E-state index contributed by atoms with van der Waals surface area (Å²) in [6.45, 7) is 3.96. The molecule has 0 radical (unpaired) electrons. The average molecular weight is 296 g/mol. The molecule has 1 fully saturated rings. The molecule has 20 heavy (non-hydrogen) atoms. The van der Waals surface area contributed by atoms with Crippen molar-refractivity contribution < 1.29 is 8.42 Å². The van der Waals surface area contributed by atoms with Crippen molar-refractivity contribution in [2.24, 2.45) is 5.92 Å². The highest BCUT2D eigenvalue weighted by Crippen LogP contribution is 2.16. The van der Waals surface area contributed by atoms with Crippen molar-refractivity contribution in [3.05, 3.63) is 35.9 Å². The van der Waals surface area contributed by atoms with Crippen molar-refractivity contribution >= 4 is 10.0 Å². The lowest BCUT2D eigenvalue weighted by molar-refractivity contribution is 0.316. The first kappa shape index (κ1) is 15.5. The van der Waals surface area contributed by atoms with Crippen LogP contribution < -0.4 is 10.0 Å². The van der Waals surface area contributed by atoms with E-state index in [0.29, 0.717) is 12.3 Å². The van der Waals surface area contributed by atoms with Gasteiger partial charge in [-0.3, -0.25) is 0 Å². The van der Waals surface area contributed by atoms with Crippen LogP contribution in [-0.2, 0) is 16.4 Å². The number of hydrogen-bond donors (Lipinski definition) is 2. The van der Waals surface area contributed by atoms with Gasteiger partial charge in [0.15, 0.2) is 0 Å². The van der Waals surface area contributed by atoms with Gasteiger partial charge < -0.3 is 5.32 Å². The zero-order valence-electron chi connectivity index (χ0n) is 12.0. The first-order valence-corrected chi connectivity index (χ1v) is 8.97. The Balaban J connectivity index is 1.83. The molecule has 5 heteroatoms. The van der Waals surface area contributed by atoms with E-state index in [-0.39, 0.29) is 11.8 Å². The standard InChI is InChI=1S/C15H24N2O2S/c1-13(15-7-10-16-11-8-15)17-20(18,19)12-9-14-5-3-2-4-6-14/h2-6,13,15-17H,7-12H2,1H3. The zero-order valence-corrected chi connectivity index (χ0v) is 12.8. The average Bonchev–Trinajstić information content (AvgIpc) is 2.47. The smallest absolute Gasteiger partial charge is 0.212 e.